The lowest BCUT2D eigenvalue weighted by Crippen LogP contribution is -2.48. The van der Waals surface area contributed by atoms with Gasteiger partial charge in [0.15, 0.2) is 5.76 Å². The Balaban J connectivity index is 1.52. The average molecular weight is 307 g/mol. The lowest BCUT2D eigenvalue weighted by atomic mass is 10.1. The summed E-state index contributed by atoms with van der Waals surface area (Å²) >= 11 is 0. The number of carbonyl (C=O) groups excluding carboxylic acids is 1. The molecule has 1 saturated heterocycles. The van der Waals surface area contributed by atoms with Crippen molar-refractivity contribution < 1.29 is 9.21 Å². The topological polar surface area (TPSA) is 49.6 Å². The first kappa shape index (κ1) is 13.8. The predicted molar refractivity (Wildman–Crippen MR) is 88.6 cm³/mol. The summed E-state index contributed by atoms with van der Waals surface area (Å²) in [6.07, 6.45) is 3.35. The monoisotopic (exact) mass is 307 g/mol. The second-order valence-corrected chi connectivity index (χ2v) is 5.61. The number of aromatic nitrogens is 1. The summed E-state index contributed by atoms with van der Waals surface area (Å²) in [5.74, 6) is 0.371. The highest BCUT2D eigenvalue weighted by atomic mass is 16.3. The van der Waals surface area contributed by atoms with Gasteiger partial charge in [-0.05, 0) is 24.3 Å². The summed E-state index contributed by atoms with van der Waals surface area (Å²) in [6, 6.07) is 13.7. The number of hydrogen-bond donors (Lipinski definition) is 0. The van der Waals surface area contributed by atoms with Gasteiger partial charge in [-0.1, -0.05) is 18.2 Å². The van der Waals surface area contributed by atoms with E-state index >= 15 is 0 Å². The quantitative estimate of drug-likeness (QED) is 0.730. The number of nitrogens with zero attached hydrogens (tertiary/aromatic N) is 3. The van der Waals surface area contributed by atoms with Crippen molar-refractivity contribution in [3.05, 3.63) is 60.7 Å². The van der Waals surface area contributed by atoms with Gasteiger partial charge in [-0.3, -0.25) is 9.78 Å². The van der Waals surface area contributed by atoms with Crippen molar-refractivity contribution in [1.29, 1.82) is 0 Å². The zero-order chi connectivity index (χ0) is 15.6. The van der Waals surface area contributed by atoms with E-state index in [0.717, 1.165) is 29.7 Å². The summed E-state index contributed by atoms with van der Waals surface area (Å²) in [5, 5.41) is 1.14. The van der Waals surface area contributed by atoms with Gasteiger partial charge in [-0.2, -0.15) is 0 Å². The van der Waals surface area contributed by atoms with Crippen LogP contribution in [0.4, 0.5) is 5.69 Å². The molecule has 3 aromatic rings. The molecule has 0 aliphatic carbocycles. The molecule has 0 bridgehead atoms. The SMILES string of the molecule is O=C(c1ccco1)N1CCN(c2cccc3cccnc23)CC1. The van der Waals surface area contributed by atoms with Gasteiger partial charge < -0.3 is 14.2 Å². The van der Waals surface area contributed by atoms with Crippen LogP contribution in [0.15, 0.2) is 59.3 Å². The molecule has 5 nitrogen and oxygen atoms in total. The van der Waals surface area contributed by atoms with E-state index in [9.17, 15) is 4.79 Å². The summed E-state index contributed by atoms with van der Waals surface area (Å²) < 4.78 is 5.20. The number of amides is 1. The molecular weight excluding hydrogens is 290 g/mol. The maximum Gasteiger partial charge on any atom is 0.289 e. The van der Waals surface area contributed by atoms with E-state index in [-0.39, 0.29) is 5.91 Å². The molecule has 0 atom stereocenters. The number of para-hydroxylation sites is 1. The Bertz CT molecular complexity index is 816. The van der Waals surface area contributed by atoms with Crippen LogP contribution in [-0.2, 0) is 0 Å². The standard InChI is InChI=1S/C18H17N3O2/c22-18(16-7-3-13-23-16)21-11-9-20(10-12-21)15-6-1-4-14-5-2-8-19-17(14)15/h1-8,13H,9-12H2. The van der Waals surface area contributed by atoms with Gasteiger partial charge in [-0.25, -0.2) is 0 Å². The van der Waals surface area contributed by atoms with Gasteiger partial charge in [0.25, 0.3) is 5.91 Å². The van der Waals surface area contributed by atoms with Gasteiger partial charge in [0, 0.05) is 37.8 Å². The summed E-state index contributed by atoms with van der Waals surface area (Å²) in [5.41, 5.74) is 2.15. The van der Waals surface area contributed by atoms with E-state index < -0.39 is 0 Å². The molecule has 3 heterocycles. The van der Waals surface area contributed by atoms with E-state index in [1.165, 1.54) is 6.26 Å². The van der Waals surface area contributed by atoms with Crippen LogP contribution in [-0.4, -0.2) is 42.0 Å². The number of anilines is 1. The first-order chi connectivity index (χ1) is 11.3. The molecule has 0 radical (unpaired) electrons. The number of fused-ring (bicyclic) bond motifs is 1. The van der Waals surface area contributed by atoms with Crippen LogP contribution < -0.4 is 4.90 Å². The minimum absolute atomic E-state index is 0.0364. The van der Waals surface area contributed by atoms with Gasteiger partial charge in [0.05, 0.1) is 17.5 Å². The third kappa shape index (κ3) is 2.54. The summed E-state index contributed by atoms with van der Waals surface area (Å²) in [6.45, 7) is 2.95. The third-order valence-electron chi connectivity index (χ3n) is 4.25. The smallest absolute Gasteiger partial charge is 0.289 e. The second-order valence-electron chi connectivity index (χ2n) is 5.61. The molecule has 5 heteroatoms. The van der Waals surface area contributed by atoms with E-state index in [2.05, 4.69) is 34.1 Å². The van der Waals surface area contributed by atoms with Crippen LogP contribution >= 0.6 is 0 Å². The minimum Gasteiger partial charge on any atom is -0.459 e. The molecule has 1 aromatic carbocycles. The average Bonchev–Trinajstić information content (AvgIpc) is 3.15. The summed E-state index contributed by atoms with van der Waals surface area (Å²) in [4.78, 5) is 21.0. The van der Waals surface area contributed by atoms with Crippen molar-refractivity contribution in [3.63, 3.8) is 0 Å². The fraction of sp³-hybridized carbons (Fsp3) is 0.222. The van der Waals surface area contributed by atoms with Crippen LogP contribution in [0.1, 0.15) is 10.6 Å². The van der Waals surface area contributed by atoms with Crippen molar-refractivity contribution in [2.45, 2.75) is 0 Å². The van der Waals surface area contributed by atoms with Gasteiger partial charge >= 0.3 is 0 Å². The van der Waals surface area contributed by atoms with Crippen molar-refractivity contribution in [2.24, 2.45) is 0 Å². The fourth-order valence-electron chi connectivity index (χ4n) is 3.05. The molecule has 2 aromatic heterocycles. The first-order valence-corrected chi connectivity index (χ1v) is 7.74. The van der Waals surface area contributed by atoms with Crippen LogP contribution in [0, 0.1) is 0 Å². The molecule has 23 heavy (non-hydrogen) atoms. The van der Waals surface area contributed by atoms with E-state index in [1.54, 1.807) is 12.1 Å². The van der Waals surface area contributed by atoms with Gasteiger partial charge in [0.1, 0.15) is 0 Å². The number of rotatable bonds is 2. The number of furan rings is 1. The van der Waals surface area contributed by atoms with Crippen LogP contribution in [0.5, 0.6) is 0 Å². The highest BCUT2D eigenvalue weighted by Gasteiger charge is 2.24. The molecular formula is C18H17N3O2. The second kappa shape index (κ2) is 5.76. The first-order valence-electron chi connectivity index (χ1n) is 7.74. The maximum atomic E-state index is 12.3. The van der Waals surface area contributed by atoms with E-state index in [4.69, 9.17) is 4.42 Å². The number of benzene rings is 1. The largest absolute Gasteiger partial charge is 0.459 e. The normalized spacial score (nSPS) is 15.1. The Morgan fingerprint density at radius 3 is 2.61 bits per heavy atom. The van der Waals surface area contributed by atoms with Crippen LogP contribution in [0.25, 0.3) is 10.9 Å². The Kier molecular flexibility index (Phi) is 3.46. The Hall–Kier alpha value is -2.82. The zero-order valence-corrected chi connectivity index (χ0v) is 12.7. The Morgan fingerprint density at radius 1 is 1.00 bits per heavy atom. The number of pyridine rings is 1. The maximum absolute atomic E-state index is 12.3. The van der Waals surface area contributed by atoms with Crippen molar-refractivity contribution >= 4 is 22.5 Å². The molecule has 1 fully saturated rings. The number of carbonyl (C=O) groups is 1. The Labute approximate surface area is 134 Å². The van der Waals surface area contributed by atoms with Crippen molar-refractivity contribution in [3.8, 4) is 0 Å². The van der Waals surface area contributed by atoms with Crippen molar-refractivity contribution in [1.82, 2.24) is 9.88 Å². The lowest BCUT2D eigenvalue weighted by molar-refractivity contribution is 0.0715. The lowest BCUT2D eigenvalue weighted by Gasteiger charge is -2.36. The van der Waals surface area contributed by atoms with E-state index in [0.29, 0.717) is 18.8 Å². The molecule has 1 aliphatic rings. The Morgan fingerprint density at radius 2 is 1.83 bits per heavy atom. The molecule has 1 aliphatic heterocycles. The number of hydrogen-bond acceptors (Lipinski definition) is 4. The highest BCUT2D eigenvalue weighted by Crippen LogP contribution is 2.25. The molecule has 0 spiro atoms. The van der Waals surface area contributed by atoms with Crippen LogP contribution in [0.3, 0.4) is 0 Å². The fourth-order valence-corrected chi connectivity index (χ4v) is 3.05. The molecule has 116 valence electrons. The predicted octanol–water partition coefficient (Wildman–Crippen LogP) is 2.79. The highest BCUT2D eigenvalue weighted by molar-refractivity contribution is 5.92. The minimum atomic E-state index is -0.0364. The van der Waals surface area contributed by atoms with Crippen molar-refractivity contribution in [2.75, 3.05) is 31.1 Å². The third-order valence-corrected chi connectivity index (χ3v) is 4.25. The zero-order valence-electron chi connectivity index (χ0n) is 12.7. The molecule has 0 N–H and O–H groups in total. The molecule has 0 unspecified atom stereocenters. The molecule has 0 saturated carbocycles. The number of piperazine rings is 1. The van der Waals surface area contributed by atoms with Gasteiger partial charge in [-0.15, -0.1) is 0 Å². The van der Waals surface area contributed by atoms with Gasteiger partial charge in [0.2, 0.25) is 0 Å². The summed E-state index contributed by atoms with van der Waals surface area (Å²) in [7, 11) is 0. The molecule has 4 rings (SSSR count). The van der Waals surface area contributed by atoms with Crippen LogP contribution in [0.2, 0.25) is 0 Å². The van der Waals surface area contributed by atoms with E-state index in [1.807, 2.05) is 17.2 Å². The molecule has 1 amide bonds.